The first-order valence-corrected chi connectivity index (χ1v) is 6.05. The minimum atomic E-state index is -4.58. The molecule has 1 aromatic rings. The summed E-state index contributed by atoms with van der Waals surface area (Å²) in [5.41, 5.74) is -1.22. The first kappa shape index (κ1) is 17.1. The average Bonchev–Trinajstić information content (AvgIpc) is 2.37. The number of carboxylic acids is 1. The van der Waals surface area contributed by atoms with Gasteiger partial charge in [0.05, 0.1) is 16.3 Å². The maximum Gasteiger partial charge on any atom is 0.416 e. The summed E-state index contributed by atoms with van der Waals surface area (Å²) in [6.45, 7) is 1.26. The molecule has 0 radical (unpaired) electrons. The molecule has 2 amide bonds. The van der Waals surface area contributed by atoms with E-state index in [1.807, 2.05) is 0 Å². The van der Waals surface area contributed by atoms with Crippen LogP contribution in [-0.4, -0.2) is 35.1 Å². The second-order valence-corrected chi connectivity index (χ2v) is 4.65. The molecule has 1 rings (SSSR count). The molecule has 1 atom stereocenters. The van der Waals surface area contributed by atoms with Gasteiger partial charge in [0.2, 0.25) is 0 Å². The topological polar surface area (TPSA) is 69.6 Å². The first-order valence-electron chi connectivity index (χ1n) is 5.67. The number of nitrogens with one attached hydrogen (secondary N) is 1. The van der Waals surface area contributed by atoms with Crippen LogP contribution in [0.25, 0.3) is 0 Å². The second kappa shape index (κ2) is 6.21. The molecule has 0 saturated carbocycles. The Labute approximate surface area is 123 Å². The number of hydrogen-bond donors (Lipinski definition) is 2. The van der Waals surface area contributed by atoms with E-state index < -0.39 is 29.8 Å². The number of carbonyl (C=O) groups excluding carboxylic acids is 1. The van der Waals surface area contributed by atoms with Crippen LogP contribution < -0.4 is 5.32 Å². The molecule has 0 fully saturated rings. The van der Waals surface area contributed by atoms with Crippen molar-refractivity contribution in [2.45, 2.75) is 19.1 Å². The highest BCUT2D eigenvalue weighted by atomic mass is 35.5. The molecule has 0 aliphatic rings. The Morgan fingerprint density at radius 1 is 1.38 bits per heavy atom. The van der Waals surface area contributed by atoms with E-state index in [2.05, 4.69) is 5.32 Å². The lowest BCUT2D eigenvalue weighted by Gasteiger charge is -2.22. The summed E-state index contributed by atoms with van der Waals surface area (Å²) < 4.78 is 37.8. The molecule has 1 aromatic carbocycles. The number of rotatable bonds is 3. The van der Waals surface area contributed by atoms with Crippen molar-refractivity contribution in [1.29, 1.82) is 0 Å². The predicted octanol–water partition coefficient (Wildman–Crippen LogP) is 3.30. The first-order chi connectivity index (χ1) is 9.54. The molecule has 9 heteroatoms. The van der Waals surface area contributed by atoms with Gasteiger partial charge in [-0.3, -0.25) is 0 Å². The Morgan fingerprint density at radius 3 is 2.43 bits per heavy atom. The van der Waals surface area contributed by atoms with E-state index in [9.17, 15) is 22.8 Å². The molecule has 0 bridgehead atoms. The van der Waals surface area contributed by atoms with Crippen molar-refractivity contribution in [3.05, 3.63) is 28.8 Å². The van der Waals surface area contributed by atoms with Crippen LogP contribution in [0.15, 0.2) is 18.2 Å². The van der Waals surface area contributed by atoms with Crippen molar-refractivity contribution in [3.8, 4) is 0 Å². The lowest BCUT2D eigenvalue weighted by molar-refractivity contribution is -0.141. The van der Waals surface area contributed by atoms with Crippen molar-refractivity contribution >= 4 is 29.3 Å². The number of benzene rings is 1. The van der Waals surface area contributed by atoms with Crippen LogP contribution in [0.5, 0.6) is 0 Å². The summed E-state index contributed by atoms with van der Waals surface area (Å²) >= 11 is 5.72. The summed E-state index contributed by atoms with van der Waals surface area (Å²) in [5, 5.41) is 10.8. The van der Waals surface area contributed by atoms with Gasteiger partial charge in [0, 0.05) is 7.05 Å². The van der Waals surface area contributed by atoms with Gasteiger partial charge in [0.1, 0.15) is 6.04 Å². The lowest BCUT2D eigenvalue weighted by Crippen LogP contribution is -2.42. The van der Waals surface area contributed by atoms with Gasteiger partial charge >= 0.3 is 18.2 Å². The minimum absolute atomic E-state index is 0.0901. The van der Waals surface area contributed by atoms with Crippen LogP contribution in [0.1, 0.15) is 12.5 Å². The predicted molar refractivity (Wildman–Crippen MR) is 70.3 cm³/mol. The number of alkyl halides is 3. The van der Waals surface area contributed by atoms with Crippen LogP contribution >= 0.6 is 11.6 Å². The van der Waals surface area contributed by atoms with Crippen molar-refractivity contribution in [1.82, 2.24) is 4.90 Å². The van der Waals surface area contributed by atoms with Crippen molar-refractivity contribution in [3.63, 3.8) is 0 Å². The number of urea groups is 1. The molecule has 0 aromatic heterocycles. The van der Waals surface area contributed by atoms with E-state index in [4.69, 9.17) is 16.7 Å². The summed E-state index contributed by atoms with van der Waals surface area (Å²) in [5.74, 6) is -1.25. The zero-order chi connectivity index (χ0) is 16.4. The van der Waals surface area contributed by atoms with E-state index >= 15 is 0 Å². The molecule has 0 spiro atoms. The number of carboxylic acid groups (broad SMARTS) is 1. The second-order valence-electron chi connectivity index (χ2n) is 4.25. The molecule has 0 heterocycles. The number of aliphatic carboxylic acids is 1. The molecule has 5 nitrogen and oxygen atoms in total. The molecule has 116 valence electrons. The van der Waals surface area contributed by atoms with Gasteiger partial charge in [-0.15, -0.1) is 0 Å². The number of hydrogen-bond acceptors (Lipinski definition) is 2. The van der Waals surface area contributed by atoms with E-state index in [1.165, 1.54) is 14.0 Å². The third-order valence-corrected chi connectivity index (χ3v) is 3.12. The monoisotopic (exact) mass is 324 g/mol. The molecule has 1 unspecified atom stereocenters. The molecule has 0 saturated heterocycles. The zero-order valence-electron chi connectivity index (χ0n) is 11.0. The number of likely N-dealkylation sites (N-methyl/N-ethyl adjacent to an activating group) is 1. The van der Waals surface area contributed by atoms with Gasteiger partial charge in [-0.25, -0.2) is 9.59 Å². The molecule has 0 aliphatic carbocycles. The standard InChI is InChI=1S/C12H12ClF3N2O3/c1-6(10(19)20)18(2)11(21)17-9-5-7(12(14,15)16)3-4-8(9)13/h3-6H,1-2H3,(H,17,21)(H,19,20). The third kappa shape index (κ3) is 4.25. The number of halogens is 4. The summed E-state index contributed by atoms with van der Waals surface area (Å²) in [7, 11) is 1.20. The Morgan fingerprint density at radius 2 is 1.95 bits per heavy atom. The summed E-state index contributed by atoms with van der Waals surface area (Å²) in [6, 6.07) is 0.433. The van der Waals surface area contributed by atoms with Crippen molar-refractivity contribution < 1.29 is 27.9 Å². The van der Waals surface area contributed by atoms with Gasteiger partial charge in [0.25, 0.3) is 0 Å². The van der Waals surface area contributed by atoms with E-state index in [1.54, 1.807) is 0 Å². The maximum atomic E-state index is 12.6. The highest BCUT2D eigenvalue weighted by molar-refractivity contribution is 6.33. The van der Waals surface area contributed by atoms with Gasteiger partial charge in [-0.2, -0.15) is 13.2 Å². The fourth-order valence-electron chi connectivity index (χ4n) is 1.34. The Hall–Kier alpha value is -1.96. The quantitative estimate of drug-likeness (QED) is 0.896. The lowest BCUT2D eigenvalue weighted by atomic mass is 10.2. The minimum Gasteiger partial charge on any atom is -0.480 e. The smallest absolute Gasteiger partial charge is 0.416 e. The maximum absolute atomic E-state index is 12.6. The molecule has 21 heavy (non-hydrogen) atoms. The number of amides is 2. The van der Waals surface area contributed by atoms with E-state index in [-0.39, 0.29) is 10.7 Å². The van der Waals surface area contributed by atoms with Crippen molar-refractivity contribution in [2.75, 3.05) is 12.4 Å². The molecular weight excluding hydrogens is 313 g/mol. The third-order valence-electron chi connectivity index (χ3n) is 2.79. The summed E-state index contributed by atoms with van der Waals surface area (Å²) in [6.07, 6.45) is -4.58. The highest BCUT2D eigenvalue weighted by Crippen LogP contribution is 2.33. The fourth-order valence-corrected chi connectivity index (χ4v) is 1.51. The normalized spacial score (nSPS) is 12.7. The van der Waals surface area contributed by atoms with Gasteiger partial charge < -0.3 is 15.3 Å². The van der Waals surface area contributed by atoms with E-state index in [0.717, 1.165) is 17.0 Å². The SMILES string of the molecule is CC(C(=O)O)N(C)C(=O)Nc1cc(C(F)(F)F)ccc1Cl. The van der Waals surface area contributed by atoms with Crippen LogP contribution in [0.2, 0.25) is 5.02 Å². The Balaban J connectivity index is 2.97. The van der Waals surface area contributed by atoms with Crippen molar-refractivity contribution in [2.24, 2.45) is 0 Å². The Kier molecular flexibility index (Phi) is 5.06. The number of anilines is 1. The Bertz CT molecular complexity index is 563. The van der Waals surface area contributed by atoms with Crippen LogP contribution in [-0.2, 0) is 11.0 Å². The van der Waals surface area contributed by atoms with Gasteiger partial charge in [-0.05, 0) is 25.1 Å². The largest absolute Gasteiger partial charge is 0.480 e. The van der Waals surface area contributed by atoms with Gasteiger partial charge in [-0.1, -0.05) is 11.6 Å². The highest BCUT2D eigenvalue weighted by Gasteiger charge is 2.31. The fraction of sp³-hybridized carbons (Fsp3) is 0.333. The molecule has 0 aliphatic heterocycles. The van der Waals surface area contributed by atoms with E-state index in [0.29, 0.717) is 6.07 Å². The average molecular weight is 325 g/mol. The van der Waals surface area contributed by atoms with Gasteiger partial charge in [0.15, 0.2) is 0 Å². The van der Waals surface area contributed by atoms with Crippen LogP contribution in [0, 0.1) is 0 Å². The van der Waals surface area contributed by atoms with Crippen LogP contribution in [0.4, 0.5) is 23.7 Å². The number of carbonyl (C=O) groups is 2. The van der Waals surface area contributed by atoms with Crippen LogP contribution in [0.3, 0.4) is 0 Å². The number of nitrogens with zero attached hydrogens (tertiary/aromatic N) is 1. The summed E-state index contributed by atoms with van der Waals surface area (Å²) in [4.78, 5) is 23.4. The zero-order valence-corrected chi connectivity index (χ0v) is 11.8. The molecular formula is C12H12ClF3N2O3. The molecule has 2 N–H and O–H groups in total.